The molecule has 2 rings (SSSR count). The van der Waals surface area contributed by atoms with E-state index in [1.807, 2.05) is 22.8 Å². The Kier molecular flexibility index (Phi) is 4.47. The Morgan fingerprint density at radius 2 is 2.21 bits per heavy atom. The number of carbonyl (C=O) groups excluding carboxylic acids is 1. The molecule has 0 aliphatic carbocycles. The molecule has 6 heteroatoms. The van der Waals surface area contributed by atoms with Gasteiger partial charge >= 0.3 is 0 Å². The van der Waals surface area contributed by atoms with Gasteiger partial charge in [-0.05, 0) is 18.2 Å². The van der Waals surface area contributed by atoms with Crippen molar-refractivity contribution in [3.05, 3.63) is 28.5 Å². The molecule has 0 atom stereocenters. The summed E-state index contributed by atoms with van der Waals surface area (Å²) in [5.74, 6) is 1.22. The second-order valence-corrected chi connectivity index (χ2v) is 5.67. The minimum absolute atomic E-state index is 0.0948. The highest BCUT2D eigenvalue weighted by Crippen LogP contribution is 2.22. The van der Waals surface area contributed by atoms with Crippen molar-refractivity contribution in [1.82, 2.24) is 14.5 Å². The number of imidazole rings is 1. The number of carbonyl (C=O) groups is 1. The van der Waals surface area contributed by atoms with E-state index in [0.717, 1.165) is 21.3 Å². The molecule has 0 spiro atoms. The molecule has 19 heavy (non-hydrogen) atoms. The fraction of sp³-hybridized carbons (Fsp3) is 0.385. The molecule has 2 aromatic rings. The fourth-order valence-corrected chi connectivity index (χ4v) is 2.48. The maximum Gasteiger partial charge on any atom is 0.223 e. The zero-order valence-corrected chi connectivity index (χ0v) is 13.2. The monoisotopic (exact) mass is 343 g/mol. The Morgan fingerprint density at radius 3 is 2.84 bits per heavy atom. The maximum atomic E-state index is 11.7. The highest BCUT2D eigenvalue weighted by atomic mass is 79.9. The van der Waals surface area contributed by atoms with Crippen LogP contribution in [0.4, 0.5) is 0 Å². The molecule has 0 saturated heterocycles. The number of aromatic nitrogens is 2. The topological polar surface area (TPSA) is 38.1 Å². The third-order valence-corrected chi connectivity index (χ3v) is 3.69. The number of fused-ring (bicyclic) bond motifs is 1. The summed E-state index contributed by atoms with van der Waals surface area (Å²) in [6, 6.07) is 5.89. The first kappa shape index (κ1) is 14.3. The summed E-state index contributed by atoms with van der Waals surface area (Å²) in [4.78, 5) is 17.8. The fourth-order valence-electron chi connectivity index (χ4n) is 1.93. The molecule has 0 unspecified atom stereocenters. The molecule has 0 N–H and O–H groups in total. The van der Waals surface area contributed by atoms with Crippen LogP contribution in [0.25, 0.3) is 11.0 Å². The average Bonchev–Trinajstić information content (AvgIpc) is 2.72. The molecular weight excluding hydrogens is 330 g/mol. The van der Waals surface area contributed by atoms with Crippen LogP contribution in [-0.4, -0.2) is 34.5 Å². The van der Waals surface area contributed by atoms with Crippen molar-refractivity contribution >= 4 is 44.5 Å². The van der Waals surface area contributed by atoms with Crippen LogP contribution in [0.15, 0.2) is 22.7 Å². The molecule has 1 aromatic heterocycles. The number of benzene rings is 1. The number of alkyl halides is 1. The molecule has 102 valence electrons. The second-order valence-electron chi connectivity index (χ2n) is 4.48. The van der Waals surface area contributed by atoms with Gasteiger partial charge in [0, 0.05) is 31.5 Å². The van der Waals surface area contributed by atoms with Crippen molar-refractivity contribution in [3.8, 4) is 0 Å². The molecular formula is C13H15BrClN3O. The average molecular weight is 345 g/mol. The number of amides is 1. The van der Waals surface area contributed by atoms with Gasteiger partial charge in [-0.1, -0.05) is 15.9 Å². The molecule has 0 saturated carbocycles. The minimum Gasteiger partial charge on any atom is -0.349 e. The molecule has 0 aliphatic rings. The molecule has 0 aliphatic heterocycles. The first-order valence-corrected chi connectivity index (χ1v) is 7.26. The van der Waals surface area contributed by atoms with Crippen molar-refractivity contribution in [2.75, 3.05) is 14.1 Å². The second kappa shape index (κ2) is 5.92. The van der Waals surface area contributed by atoms with Gasteiger partial charge in [0.2, 0.25) is 5.91 Å². The number of hydrogen-bond donors (Lipinski definition) is 0. The molecule has 0 fully saturated rings. The number of aryl methyl sites for hydroxylation is 1. The van der Waals surface area contributed by atoms with Gasteiger partial charge in [0.25, 0.3) is 0 Å². The van der Waals surface area contributed by atoms with E-state index in [2.05, 4.69) is 20.9 Å². The zero-order valence-electron chi connectivity index (χ0n) is 10.9. The Hall–Kier alpha value is -1.07. The van der Waals surface area contributed by atoms with Crippen LogP contribution in [0.2, 0.25) is 0 Å². The van der Waals surface area contributed by atoms with E-state index in [4.69, 9.17) is 11.6 Å². The van der Waals surface area contributed by atoms with Gasteiger partial charge < -0.3 is 9.47 Å². The Balaban J connectivity index is 2.34. The lowest BCUT2D eigenvalue weighted by Crippen LogP contribution is -2.23. The molecule has 0 radical (unpaired) electrons. The lowest BCUT2D eigenvalue weighted by atomic mass is 10.3. The van der Waals surface area contributed by atoms with Gasteiger partial charge in [0.05, 0.1) is 16.9 Å². The Bertz CT molecular complexity index is 609. The van der Waals surface area contributed by atoms with E-state index in [1.165, 1.54) is 0 Å². The van der Waals surface area contributed by atoms with E-state index in [9.17, 15) is 4.79 Å². The smallest absolute Gasteiger partial charge is 0.223 e. The highest BCUT2D eigenvalue weighted by molar-refractivity contribution is 9.10. The summed E-state index contributed by atoms with van der Waals surface area (Å²) in [5.41, 5.74) is 1.90. The number of nitrogens with zero attached hydrogens (tertiary/aromatic N) is 3. The summed E-state index contributed by atoms with van der Waals surface area (Å²) in [6.07, 6.45) is 0.439. The van der Waals surface area contributed by atoms with Crippen LogP contribution in [0.3, 0.4) is 0 Å². The number of halogens is 2. The lowest BCUT2D eigenvalue weighted by Gasteiger charge is -2.12. The summed E-state index contributed by atoms with van der Waals surface area (Å²) >= 11 is 9.38. The number of rotatable bonds is 4. The Labute approximate surface area is 125 Å². The van der Waals surface area contributed by atoms with E-state index in [0.29, 0.717) is 18.8 Å². The van der Waals surface area contributed by atoms with Gasteiger partial charge in [-0.2, -0.15) is 0 Å². The minimum atomic E-state index is 0.0948. The van der Waals surface area contributed by atoms with Crippen molar-refractivity contribution in [2.24, 2.45) is 0 Å². The van der Waals surface area contributed by atoms with Crippen molar-refractivity contribution in [3.63, 3.8) is 0 Å². The van der Waals surface area contributed by atoms with Crippen molar-refractivity contribution in [1.29, 1.82) is 0 Å². The normalized spacial score (nSPS) is 10.9. The van der Waals surface area contributed by atoms with Crippen LogP contribution in [-0.2, 0) is 17.2 Å². The predicted molar refractivity (Wildman–Crippen MR) is 80.3 cm³/mol. The standard InChI is InChI=1S/C13H15BrClN3O/c1-17(2)13(19)5-6-18-11-7-9(14)3-4-10(11)16-12(18)8-15/h3-4,7H,5-6,8H2,1-2H3. The van der Waals surface area contributed by atoms with Gasteiger partial charge in [0.1, 0.15) is 5.82 Å². The van der Waals surface area contributed by atoms with Gasteiger partial charge in [0.15, 0.2) is 0 Å². The van der Waals surface area contributed by atoms with Crippen molar-refractivity contribution < 1.29 is 4.79 Å². The van der Waals surface area contributed by atoms with Crippen molar-refractivity contribution in [2.45, 2.75) is 18.8 Å². The Morgan fingerprint density at radius 1 is 1.47 bits per heavy atom. The molecule has 1 aromatic carbocycles. The van der Waals surface area contributed by atoms with Gasteiger partial charge in [-0.15, -0.1) is 11.6 Å². The maximum absolute atomic E-state index is 11.7. The quantitative estimate of drug-likeness (QED) is 0.800. The van der Waals surface area contributed by atoms with Crippen LogP contribution in [0.5, 0.6) is 0 Å². The molecule has 1 amide bonds. The lowest BCUT2D eigenvalue weighted by molar-refractivity contribution is -0.128. The molecule has 4 nitrogen and oxygen atoms in total. The van der Waals surface area contributed by atoms with Gasteiger partial charge in [-0.3, -0.25) is 4.79 Å². The SMILES string of the molecule is CN(C)C(=O)CCn1c(CCl)nc2ccc(Br)cc21. The van der Waals surface area contributed by atoms with Crippen LogP contribution >= 0.6 is 27.5 Å². The van der Waals surface area contributed by atoms with E-state index in [1.54, 1.807) is 19.0 Å². The zero-order chi connectivity index (χ0) is 14.0. The van der Waals surface area contributed by atoms with E-state index < -0.39 is 0 Å². The highest BCUT2D eigenvalue weighted by Gasteiger charge is 2.12. The van der Waals surface area contributed by atoms with Crippen LogP contribution in [0.1, 0.15) is 12.2 Å². The van der Waals surface area contributed by atoms with Crippen LogP contribution < -0.4 is 0 Å². The van der Waals surface area contributed by atoms with E-state index in [-0.39, 0.29) is 5.91 Å². The predicted octanol–water partition coefficient (Wildman–Crippen LogP) is 3.02. The largest absolute Gasteiger partial charge is 0.349 e. The van der Waals surface area contributed by atoms with Gasteiger partial charge in [-0.25, -0.2) is 4.98 Å². The summed E-state index contributed by atoms with van der Waals surface area (Å²) in [7, 11) is 3.51. The summed E-state index contributed by atoms with van der Waals surface area (Å²) in [6.45, 7) is 0.589. The first-order valence-electron chi connectivity index (χ1n) is 5.93. The third-order valence-electron chi connectivity index (χ3n) is 2.96. The summed E-state index contributed by atoms with van der Waals surface area (Å²) < 4.78 is 3.00. The summed E-state index contributed by atoms with van der Waals surface area (Å²) in [5, 5.41) is 0. The third kappa shape index (κ3) is 3.09. The molecule has 1 heterocycles. The van der Waals surface area contributed by atoms with Crippen LogP contribution in [0, 0.1) is 0 Å². The van der Waals surface area contributed by atoms with E-state index >= 15 is 0 Å². The number of hydrogen-bond acceptors (Lipinski definition) is 2. The first-order chi connectivity index (χ1) is 9.02. The molecule has 0 bridgehead atoms.